The number of carboxylic acids is 1. The van der Waals surface area contributed by atoms with Gasteiger partial charge in [0, 0.05) is 13.1 Å². The van der Waals surface area contributed by atoms with Gasteiger partial charge in [0.2, 0.25) is 0 Å². The van der Waals surface area contributed by atoms with E-state index in [-0.39, 0.29) is 17.3 Å². The van der Waals surface area contributed by atoms with E-state index in [1.54, 1.807) is 4.90 Å². The molecule has 0 bridgehead atoms. The lowest BCUT2D eigenvalue weighted by atomic mass is 10.0. The molecule has 2 fully saturated rings. The van der Waals surface area contributed by atoms with Crippen molar-refractivity contribution < 1.29 is 19.1 Å². The molecule has 112 valence electrons. The van der Waals surface area contributed by atoms with Gasteiger partial charge < -0.3 is 15.3 Å². The minimum atomic E-state index is -1.19. The Hall–Kier alpha value is -2.11. The summed E-state index contributed by atoms with van der Waals surface area (Å²) in [7, 11) is 0. The van der Waals surface area contributed by atoms with Crippen molar-refractivity contribution in [2.24, 2.45) is 11.8 Å². The smallest absolute Gasteiger partial charge is 0.337 e. The monoisotopic (exact) mass is 292 g/mol. The number of nitrogens with one attached hydrogen (secondary N) is 1. The van der Waals surface area contributed by atoms with Gasteiger partial charge in [0.05, 0.1) is 11.3 Å². The maximum Gasteiger partial charge on any atom is 0.337 e. The van der Waals surface area contributed by atoms with E-state index in [1.807, 2.05) is 0 Å². The normalized spacial score (nSPS) is 24.0. The maximum atomic E-state index is 13.3. The molecule has 3 rings (SSSR count). The van der Waals surface area contributed by atoms with Crippen molar-refractivity contribution in [3.8, 4) is 0 Å². The van der Waals surface area contributed by atoms with Crippen LogP contribution in [-0.4, -0.2) is 35.1 Å². The fraction of sp³-hybridized carbons (Fsp3) is 0.467. The first kappa shape index (κ1) is 13.9. The van der Waals surface area contributed by atoms with Crippen molar-refractivity contribution in [2.75, 3.05) is 18.4 Å². The molecule has 1 aliphatic heterocycles. The van der Waals surface area contributed by atoms with E-state index >= 15 is 0 Å². The Morgan fingerprint density at radius 1 is 1.24 bits per heavy atom. The molecule has 0 spiro atoms. The highest BCUT2D eigenvalue weighted by Gasteiger charge is 2.38. The van der Waals surface area contributed by atoms with E-state index in [0.29, 0.717) is 24.9 Å². The van der Waals surface area contributed by atoms with Crippen LogP contribution in [0.15, 0.2) is 18.2 Å². The predicted molar refractivity (Wildman–Crippen MR) is 74.8 cm³/mol. The number of aromatic carboxylic acids is 1. The molecule has 2 amide bonds. The summed E-state index contributed by atoms with van der Waals surface area (Å²) in [5.41, 5.74) is -0.103. The summed E-state index contributed by atoms with van der Waals surface area (Å²) in [6.07, 6.45) is 3.52. The average molecular weight is 292 g/mol. The van der Waals surface area contributed by atoms with Gasteiger partial charge in [-0.2, -0.15) is 0 Å². The number of carbonyl (C=O) groups excluding carboxylic acids is 1. The second-order valence-electron chi connectivity index (χ2n) is 5.78. The van der Waals surface area contributed by atoms with Crippen LogP contribution in [0.2, 0.25) is 0 Å². The van der Waals surface area contributed by atoms with Crippen molar-refractivity contribution in [2.45, 2.75) is 19.3 Å². The van der Waals surface area contributed by atoms with Gasteiger partial charge in [-0.25, -0.2) is 14.0 Å². The quantitative estimate of drug-likeness (QED) is 0.880. The Labute approximate surface area is 121 Å². The van der Waals surface area contributed by atoms with Crippen LogP contribution < -0.4 is 5.32 Å². The fourth-order valence-electron chi connectivity index (χ4n) is 3.40. The van der Waals surface area contributed by atoms with Gasteiger partial charge in [0.1, 0.15) is 5.82 Å². The lowest BCUT2D eigenvalue weighted by Crippen LogP contribution is -2.34. The first-order valence-corrected chi connectivity index (χ1v) is 7.13. The number of hydrogen-bond acceptors (Lipinski definition) is 2. The van der Waals surface area contributed by atoms with Crippen LogP contribution in [0, 0.1) is 17.7 Å². The predicted octanol–water partition coefficient (Wildman–Crippen LogP) is 2.79. The van der Waals surface area contributed by atoms with Crippen molar-refractivity contribution >= 4 is 17.7 Å². The zero-order chi connectivity index (χ0) is 15.0. The Balaban J connectivity index is 1.73. The second kappa shape index (κ2) is 5.35. The number of hydrogen-bond donors (Lipinski definition) is 2. The van der Waals surface area contributed by atoms with Crippen LogP contribution in [-0.2, 0) is 0 Å². The average Bonchev–Trinajstić information content (AvgIpc) is 2.98. The third-order valence-electron chi connectivity index (χ3n) is 4.47. The van der Waals surface area contributed by atoms with Crippen molar-refractivity contribution in [1.82, 2.24) is 4.90 Å². The number of amides is 2. The molecule has 6 heteroatoms. The van der Waals surface area contributed by atoms with Crippen molar-refractivity contribution in [3.63, 3.8) is 0 Å². The molecule has 1 saturated heterocycles. The third kappa shape index (κ3) is 2.70. The highest BCUT2D eigenvalue weighted by molar-refractivity contribution is 6.00. The van der Waals surface area contributed by atoms with Gasteiger partial charge >= 0.3 is 12.0 Å². The van der Waals surface area contributed by atoms with Crippen LogP contribution in [0.25, 0.3) is 0 Å². The fourth-order valence-corrected chi connectivity index (χ4v) is 3.40. The van der Waals surface area contributed by atoms with Crippen LogP contribution in [0.1, 0.15) is 29.6 Å². The molecule has 2 aliphatic rings. The number of carboxylic acid groups (broad SMARTS) is 1. The summed E-state index contributed by atoms with van der Waals surface area (Å²) >= 11 is 0. The molecular formula is C15H17FN2O3. The minimum absolute atomic E-state index is 0.00422. The first-order valence-electron chi connectivity index (χ1n) is 7.13. The largest absolute Gasteiger partial charge is 0.478 e. The van der Waals surface area contributed by atoms with Gasteiger partial charge in [0.15, 0.2) is 0 Å². The Kier molecular flexibility index (Phi) is 3.53. The summed E-state index contributed by atoms with van der Waals surface area (Å²) < 4.78 is 13.3. The summed E-state index contributed by atoms with van der Waals surface area (Å²) in [6.45, 7) is 1.41. The number of nitrogens with zero attached hydrogens (tertiary/aromatic N) is 1. The van der Waals surface area contributed by atoms with E-state index in [1.165, 1.54) is 6.42 Å². The highest BCUT2D eigenvalue weighted by atomic mass is 19.1. The molecule has 5 nitrogen and oxygen atoms in total. The van der Waals surface area contributed by atoms with E-state index < -0.39 is 11.8 Å². The van der Waals surface area contributed by atoms with E-state index in [2.05, 4.69) is 5.32 Å². The number of carbonyl (C=O) groups is 2. The lowest BCUT2D eigenvalue weighted by Gasteiger charge is -2.19. The molecule has 1 saturated carbocycles. The van der Waals surface area contributed by atoms with Crippen molar-refractivity contribution in [1.29, 1.82) is 0 Å². The van der Waals surface area contributed by atoms with Crippen LogP contribution in [0.5, 0.6) is 0 Å². The van der Waals surface area contributed by atoms with Crippen molar-refractivity contribution in [3.05, 3.63) is 29.6 Å². The van der Waals surface area contributed by atoms with Crippen LogP contribution in [0.3, 0.4) is 0 Å². The SMILES string of the molecule is O=C(O)c1ccc(F)cc1NC(=O)N1CC2CCCC2C1. The highest BCUT2D eigenvalue weighted by Crippen LogP contribution is 2.37. The van der Waals surface area contributed by atoms with Crippen LogP contribution in [0.4, 0.5) is 14.9 Å². The van der Waals surface area contributed by atoms with Gasteiger partial charge in [0.25, 0.3) is 0 Å². The number of anilines is 1. The van der Waals surface area contributed by atoms with Gasteiger partial charge in [-0.05, 0) is 42.9 Å². The molecule has 1 aromatic rings. The standard InChI is InChI=1S/C15H17FN2O3/c16-11-4-5-12(14(19)20)13(6-11)17-15(21)18-7-9-2-1-3-10(9)8-18/h4-6,9-10H,1-3,7-8H2,(H,17,21)(H,19,20). The maximum absolute atomic E-state index is 13.3. The second-order valence-corrected chi connectivity index (χ2v) is 5.78. The number of halogens is 1. The zero-order valence-electron chi connectivity index (χ0n) is 11.5. The lowest BCUT2D eigenvalue weighted by molar-refractivity contribution is 0.0698. The summed E-state index contributed by atoms with van der Waals surface area (Å²) in [4.78, 5) is 25.0. The first-order chi connectivity index (χ1) is 10.0. The molecule has 1 heterocycles. The Morgan fingerprint density at radius 3 is 2.52 bits per heavy atom. The third-order valence-corrected chi connectivity index (χ3v) is 4.47. The molecule has 21 heavy (non-hydrogen) atoms. The molecule has 2 unspecified atom stereocenters. The summed E-state index contributed by atoms with van der Waals surface area (Å²) in [5.74, 6) is -0.651. The molecule has 0 aromatic heterocycles. The number of fused-ring (bicyclic) bond motifs is 1. The topological polar surface area (TPSA) is 69.6 Å². The van der Waals surface area contributed by atoms with Gasteiger partial charge in [-0.1, -0.05) is 6.42 Å². The van der Waals surface area contributed by atoms with Gasteiger partial charge in [-0.3, -0.25) is 0 Å². The van der Waals surface area contributed by atoms with E-state index in [9.17, 15) is 14.0 Å². The summed E-state index contributed by atoms with van der Waals surface area (Å²) in [6, 6.07) is 2.92. The number of rotatable bonds is 2. The number of likely N-dealkylation sites (tertiary alicyclic amines) is 1. The van der Waals surface area contributed by atoms with Crippen LogP contribution >= 0.6 is 0 Å². The Bertz CT molecular complexity index is 578. The molecule has 1 aliphatic carbocycles. The van der Waals surface area contributed by atoms with Gasteiger partial charge in [-0.15, -0.1) is 0 Å². The molecule has 1 aromatic carbocycles. The number of benzene rings is 1. The number of urea groups is 1. The summed E-state index contributed by atoms with van der Waals surface area (Å²) in [5, 5.41) is 11.6. The Morgan fingerprint density at radius 2 is 1.90 bits per heavy atom. The molecule has 0 radical (unpaired) electrons. The minimum Gasteiger partial charge on any atom is -0.478 e. The molecule has 2 atom stereocenters. The zero-order valence-corrected chi connectivity index (χ0v) is 11.5. The molecular weight excluding hydrogens is 275 g/mol. The molecule has 2 N–H and O–H groups in total. The van der Waals surface area contributed by atoms with E-state index in [4.69, 9.17) is 5.11 Å². The van der Waals surface area contributed by atoms with E-state index in [0.717, 1.165) is 31.0 Å².